The van der Waals surface area contributed by atoms with Crippen LogP contribution in [0, 0.1) is 6.57 Å². The molecule has 0 fully saturated rings. The minimum Gasteiger partial charge on any atom is -0.334 e. The number of rotatable bonds is 6. The van der Waals surface area contributed by atoms with E-state index in [-0.39, 0.29) is 0 Å². The van der Waals surface area contributed by atoms with Gasteiger partial charge in [-0.1, -0.05) is 121 Å². The van der Waals surface area contributed by atoms with Crippen LogP contribution >= 0.6 is 0 Å². The summed E-state index contributed by atoms with van der Waals surface area (Å²) in [6.45, 7) is 8.73. The fourth-order valence-corrected chi connectivity index (χ4v) is 7.11. The van der Waals surface area contributed by atoms with Gasteiger partial charge in [0.25, 0.3) is 0 Å². The lowest BCUT2D eigenvalue weighted by Crippen LogP contribution is -2.13. The first-order chi connectivity index (χ1) is 23.8. The van der Waals surface area contributed by atoms with Crippen LogP contribution in [0.25, 0.3) is 71.0 Å². The number of benzene rings is 6. The summed E-state index contributed by atoms with van der Waals surface area (Å²) >= 11 is 0. The Balaban J connectivity index is 1.32. The minimum absolute atomic E-state index is 0.524. The van der Waals surface area contributed by atoms with Gasteiger partial charge in [0.1, 0.15) is 0 Å². The van der Waals surface area contributed by atoms with Gasteiger partial charge in [-0.2, -0.15) is 0 Å². The molecule has 0 atom stereocenters. The Hall–Kier alpha value is -6.51. The van der Waals surface area contributed by atoms with Gasteiger partial charge in [0.15, 0.2) is 5.69 Å². The molecule has 0 saturated carbocycles. The average molecular weight is 616 g/mol. The topological polar surface area (TPSA) is 40.0 Å². The van der Waals surface area contributed by atoms with Gasteiger partial charge >= 0.3 is 0 Å². The molecule has 5 heteroatoms. The van der Waals surface area contributed by atoms with Gasteiger partial charge in [-0.25, -0.2) is 14.8 Å². The molecule has 0 amide bonds. The lowest BCUT2D eigenvalue weighted by molar-refractivity contribution is 0.758. The zero-order chi connectivity index (χ0) is 32.0. The zero-order valence-corrected chi connectivity index (χ0v) is 26.1. The van der Waals surface area contributed by atoms with E-state index >= 15 is 0 Å². The summed E-state index contributed by atoms with van der Waals surface area (Å²) in [7, 11) is 0. The molecule has 5 nitrogen and oxygen atoms in total. The maximum absolute atomic E-state index is 7.64. The van der Waals surface area contributed by atoms with Gasteiger partial charge in [-0.15, -0.1) is 0 Å². The van der Waals surface area contributed by atoms with Gasteiger partial charge in [-0.3, -0.25) is 0 Å². The Labute approximate surface area is 277 Å². The lowest BCUT2D eigenvalue weighted by Gasteiger charge is -2.18. The van der Waals surface area contributed by atoms with E-state index in [9.17, 15) is 0 Å². The van der Waals surface area contributed by atoms with Crippen molar-refractivity contribution in [2.24, 2.45) is 0 Å². The largest absolute Gasteiger partial charge is 0.334 e. The third kappa shape index (κ3) is 4.54. The summed E-state index contributed by atoms with van der Waals surface area (Å²) in [5.74, 6) is 0. The average Bonchev–Trinajstić information content (AvgIpc) is 3.64. The van der Waals surface area contributed by atoms with E-state index in [2.05, 4.69) is 141 Å². The number of hydrogen-bond acceptors (Lipinski definition) is 2. The van der Waals surface area contributed by atoms with Crippen LogP contribution in [0.4, 0.5) is 5.69 Å². The van der Waals surface area contributed by atoms with Crippen LogP contribution in [-0.4, -0.2) is 19.1 Å². The Morgan fingerprint density at radius 3 is 1.29 bits per heavy atom. The van der Waals surface area contributed by atoms with E-state index in [0.29, 0.717) is 18.8 Å². The first-order valence-corrected chi connectivity index (χ1v) is 16.1. The molecule has 0 saturated heterocycles. The molecule has 48 heavy (non-hydrogen) atoms. The van der Waals surface area contributed by atoms with Gasteiger partial charge in [0.2, 0.25) is 0 Å². The highest BCUT2D eigenvalue weighted by Gasteiger charge is 2.21. The predicted molar refractivity (Wildman–Crippen MR) is 196 cm³/mol. The molecular weight excluding hydrogens is 587 g/mol. The van der Waals surface area contributed by atoms with Crippen molar-refractivity contribution < 1.29 is 0 Å². The highest BCUT2D eigenvalue weighted by atomic mass is 15.0. The quantitative estimate of drug-likeness (QED) is 0.175. The maximum Gasteiger partial charge on any atom is 0.188 e. The summed E-state index contributed by atoms with van der Waals surface area (Å²) in [4.78, 5) is 14.8. The molecule has 0 spiro atoms. The van der Waals surface area contributed by atoms with Crippen molar-refractivity contribution in [1.82, 2.24) is 19.1 Å². The Bertz CT molecular complexity index is 2620. The van der Waals surface area contributed by atoms with Crippen LogP contribution < -0.4 is 0 Å². The highest BCUT2D eigenvalue weighted by Crippen LogP contribution is 2.36. The lowest BCUT2D eigenvalue weighted by atomic mass is 10.0. The van der Waals surface area contributed by atoms with Gasteiger partial charge < -0.3 is 9.13 Å². The van der Waals surface area contributed by atoms with Crippen molar-refractivity contribution in [2.75, 3.05) is 0 Å². The van der Waals surface area contributed by atoms with Gasteiger partial charge in [-0.05, 0) is 35.7 Å². The molecule has 0 radical (unpaired) electrons. The van der Waals surface area contributed by atoms with Crippen LogP contribution in [0.5, 0.6) is 0 Å². The zero-order valence-electron chi connectivity index (χ0n) is 26.1. The van der Waals surface area contributed by atoms with Crippen LogP contribution in [0.1, 0.15) is 11.4 Å². The van der Waals surface area contributed by atoms with E-state index < -0.39 is 0 Å². The fraction of sp³-hybridized carbons (Fsp3) is 0.0465. The van der Waals surface area contributed by atoms with Crippen molar-refractivity contribution in [3.63, 3.8) is 0 Å². The normalized spacial score (nSPS) is 11.5. The van der Waals surface area contributed by atoms with Crippen LogP contribution in [0.3, 0.4) is 0 Å². The SMILES string of the molecule is [C-]#[N+]c1ccc2c(c1)c1ccccc1n2Cc1nc(-c2ccccc2)c(-c2ccccc2)nc1Cn1c2ccccc2c2ccccc21. The molecule has 9 aromatic rings. The summed E-state index contributed by atoms with van der Waals surface area (Å²) in [6.07, 6.45) is 0. The molecule has 0 aliphatic rings. The summed E-state index contributed by atoms with van der Waals surface area (Å²) < 4.78 is 4.71. The molecule has 0 bridgehead atoms. The van der Waals surface area contributed by atoms with E-state index in [1.807, 2.05) is 24.3 Å². The predicted octanol–water partition coefficient (Wildman–Crippen LogP) is 10.7. The summed E-state index contributed by atoms with van der Waals surface area (Å²) in [5.41, 5.74) is 10.8. The Morgan fingerprint density at radius 2 is 0.833 bits per heavy atom. The number of para-hydroxylation sites is 3. The molecule has 226 valence electrons. The van der Waals surface area contributed by atoms with E-state index in [0.717, 1.165) is 55.7 Å². The third-order valence-electron chi connectivity index (χ3n) is 9.33. The summed E-state index contributed by atoms with van der Waals surface area (Å²) in [6, 6.07) is 52.4. The first kappa shape index (κ1) is 27.8. The van der Waals surface area contributed by atoms with E-state index in [1.165, 1.54) is 21.8 Å². The van der Waals surface area contributed by atoms with Crippen molar-refractivity contribution in [2.45, 2.75) is 13.1 Å². The number of fused-ring (bicyclic) bond motifs is 6. The summed E-state index contributed by atoms with van der Waals surface area (Å²) in [5, 5.41) is 4.65. The van der Waals surface area contributed by atoms with Gasteiger partial charge in [0.05, 0.1) is 42.4 Å². The van der Waals surface area contributed by atoms with E-state index in [4.69, 9.17) is 16.5 Å². The fourth-order valence-electron chi connectivity index (χ4n) is 7.11. The molecule has 3 aromatic heterocycles. The molecule has 0 aliphatic carbocycles. The second kappa shape index (κ2) is 11.4. The van der Waals surface area contributed by atoms with Crippen molar-refractivity contribution >= 4 is 49.3 Å². The molecule has 9 rings (SSSR count). The maximum atomic E-state index is 7.64. The van der Waals surface area contributed by atoms with Crippen molar-refractivity contribution in [3.8, 4) is 22.5 Å². The molecule has 0 aliphatic heterocycles. The molecule has 3 heterocycles. The number of hydrogen-bond donors (Lipinski definition) is 0. The standard InChI is InChI=1S/C43H29N5/c1-44-31-24-25-41-35(26-31)34-20-10-13-23-40(34)48(41)28-37-36(27-47-38-21-11-8-18-32(38)33-19-9-12-22-39(33)47)45-42(29-14-4-2-5-15-29)43(46-37)30-16-6-3-7-17-30/h2-26H,27-28H2. The molecule has 0 N–H and O–H groups in total. The van der Waals surface area contributed by atoms with Crippen LogP contribution in [-0.2, 0) is 13.1 Å². The van der Waals surface area contributed by atoms with E-state index in [1.54, 1.807) is 0 Å². The molecule has 0 unspecified atom stereocenters. The third-order valence-corrected chi connectivity index (χ3v) is 9.33. The van der Waals surface area contributed by atoms with Crippen LogP contribution in [0.2, 0.25) is 0 Å². The van der Waals surface area contributed by atoms with Gasteiger partial charge in [0, 0.05) is 49.4 Å². The number of nitrogens with zero attached hydrogens (tertiary/aromatic N) is 5. The molecule has 6 aromatic carbocycles. The Morgan fingerprint density at radius 1 is 0.438 bits per heavy atom. The minimum atomic E-state index is 0.524. The second-order valence-electron chi connectivity index (χ2n) is 12.1. The first-order valence-electron chi connectivity index (χ1n) is 16.1. The number of aromatic nitrogens is 4. The van der Waals surface area contributed by atoms with Crippen molar-refractivity contribution in [3.05, 3.63) is 174 Å². The monoisotopic (exact) mass is 615 g/mol. The molecular formula is C43H29N5. The highest BCUT2D eigenvalue weighted by molar-refractivity contribution is 6.09. The second-order valence-corrected chi connectivity index (χ2v) is 12.1. The van der Waals surface area contributed by atoms with Crippen LogP contribution in [0.15, 0.2) is 152 Å². The Kier molecular flexibility index (Phi) is 6.58. The van der Waals surface area contributed by atoms with Crippen molar-refractivity contribution in [1.29, 1.82) is 0 Å². The smallest absolute Gasteiger partial charge is 0.188 e.